The van der Waals surface area contributed by atoms with Crippen LogP contribution in [0.15, 0.2) is 18.2 Å². The summed E-state index contributed by atoms with van der Waals surface area (Å²) in [6.45, 7) is 0. The molecule has 2 aliphatic heterocycles. The molecule has 1 aromatic rings. The fraction of sp³-hybridized carbons (Fsp3) is 0.533. The molecule has 0 radical (unpaired) electrons. The third-order valence-electron chi connectivity index (χ3n) is 4.11. The molecule has 1 aromatic carbocycles. The summed E-state index contributed by atoms with van der Waals surface area (Å²) in [7, 11) is 0. The van der Waals surface area contributed by atoms with Crippen molar-refractivity contribution in [3.63, 3.8) is 0 Å². The Morgan fingerprint density at radius 2 is 2.05 bits per heavy atom. The number of fused-ring (bicyclic) bond motifs is 2. The number of nitriles is 1. The number of thioether (sulfide) groups is 1. The fourth-order valence-electron chi connectivity index (χ4n) is 3.27. The summed E-state index contributed by atoms with van der Waals surface area (Å²) in [6.07, 6.45) is 4.22. The van der Waals surface area contributed by atoms with Crippen molar-refractivity contribution in [3.05, 3.63) is 35.1 Å². The van der Waals surface area contributed by atoms with Gasteiger partial charge in [-0.15, -0.1) is 0 Å². The summed E-state index contributed by atoms with van der Waals surface area (Å²) >= 11 is 1.98. The SMILES string of the molecule is N#Cc1ccc(CC2(O)CC3CCC(C2)S3)c(F)c1. The number of aliphatic hydroxyl groups is 1. The Kier molecular flexibility index (Phi) is 3.28. The molecular weight excluding hydrogens is 261 g/mol. The molecule has 2 unspecified atom stereocenters. The van der Waals surface area contributed by atoms with Crippen LogP contribution in [0.25, 0.3) is 0 Å². The van der Waals surface area contributed by atoms with Crippen LogP contribution in [0.1, 0.15) is 36.8 Å². The second-order valence-corrected chi connectivity index (χ2v) is 7.29. The third kappa shape index (κ3) is 2.63. The summed E-state index contributed by atoms with van der Waals surface area (Å²) in [4.78, 5) is 0. The van der Waals surface area contributed by atoms with E-state index in [1.807, 2.05) is 17.8 Å². The van der Waals surface area contributed by atoms with Crippen LogP contribution in [0.4, 0.5) is 4.39 Å². The van der Waals surface area contributed by atoms with Crippen LogP contribution in [0.5, 0.6) is 0 Å². The average molecular weight is 277 g/mol. The highest BCUT2D eigenvalue weighted by Crippen LogP contribution is 2.48. The van der Waals surface area contributed by atoms with E-state index in [1.54, 1.807) is 12.1 Å². The highest BCUT2D eigenvalue weighted by molar-refractivity contribution is 8.00. The molecule has 4 heteroatoms. The molecule has 0 aromatic heterocycles. The van der Waals surface area contributed by atoms with Crippen molar-refractivity contribution in [2.24, 2.45) is 0 Å². The van der Waals surface area contributed by atoms with Crippen LogP contribution >= 0.6 is 11.8 Å². The molecule has 0 saturated carbocycles. The molecule has 2 heterocycles. The first-order chi connectivity index (χ1) is 9.08. The van der Waals surface area contributed by atoms with Crippen molar-refractivity contribution in [2.75, 3.05) is 0 Å². The molecular formula is C15H16FNOS. The Hall–Kier alpha value is -1.05. The number of hydrogen-bond donors (Lipinski definition) is 1. The lowest BCUT2D eigenvalue weighted by molar-refractivity contribution is 0.0234. The van der Waals surface area contributed by atoms with Crippen LogP contribution in [-0.4, -0.2) is 21.2 Å². The molecule has 0 amide bonds. The zero-order chi connectivity index (χ0) is 13.5. The van der Waals surface area contributed by atoms with Gasteiger partial charge in [-0.25, -0.2) is 4.39 Å². The van der Waals surface area contributed by atoms with E-state index in [0.717, 1.165) is 12.8 Å². The first-order valence-corrected chi connectivity index (χ1v) is 7.59. The predicted octanol–water partition coefficient (Wildman–Crippen LogP) is 3.03. The molecule has 1 N–H and O–H groups in total. The highest BCUT2D eigenvalue weighted by atomic mass is 32.2. The van der Waals surface area contributed by atoms with Crippen molar-refractivity contribution < 1.29 is 9.50 Å². The minimum Gasteiger partial charge on any atom is -0.389 e. The molecule has 2 fully saturated rings. The molecule has 100 valence electrons. The lowest BCUT2D eigenvalue weighted by Gasteiger charge is -2.36. The quantitative estimate of drug-likeness (QED) is 0.903. The van der Waals surface area contributed by atoms with Gasteiger partial charge in [-0.1, -0.05) is 6.07 Å². The van der Waals surface area contributed by atoms with Gasteiger partial charge in [0, 0.05) is 16.9 Å². The van der Waals surface area contributed by atoms with Gasteiger partial charge < -0.3 is 5.11 Å². The van der Waals surface area contributed by atoms with E-state index >= 15 is 0 Å². The molecule has 0 spiro atoms. The molecule has 0 aliphatic carbocycles. The van der Waals surface area contributed by atoms with Gasteiger partial charge >= 0.3 is 0 Å². The minimum absolute atomic E-state index is 0.326. The second-order valence-electron chi connectivity index (χ2n) is 5.68. The van der Waals surface area contributed by atoms with E-state index in [-0.39, 0.29) is 5.82 Å². The number of halogens is 1. The fourth-order valence-corrected chi connectivity index (χ4v) is 5.17. The summed E-state index contributed by atoms with van der Waals surface area (Å²) in [5.41, 5.74) is 0.0758. The molecule has 3 rings (SSSR count). The summed E-state index contributed by atoms with van der Waals surface area (Å²) in [6, 6.07) is 6.43. The number of rotatable bonds is 2. The molecule has 2 atom stereocenters. The predicted molar refractivity (Wildman–Crippen MR) is 73.4 cm³/mol. The molecule has 2 saturated heterocycles. The minimum atomic E-state index is -0.772. The summed E-state index contributed by atoms with van der Waals surface area (Å²) in [5, 5.41) is 20.5. The lowest BCUT2D eigenvalue weighted by Crippen LogP contribution is -2.39. The number of hydrogen-bond acceptors (Lipinski definition) is 3. The van der Waals surface area contributed by atoms with Gasteiger partial charge in [0.1, 0.15) is 5.82 Å². The van der Waals surface area contributed by atoms with Crippen molar-refractivity contribution in [1.82, 2.24) is 0 Å². The van der Waals surface area contributed by atoms with Crippen molar-refractivity contribution in [2.45, 2.75) is 48.2 Å². The Bertz CT molecular complexity index is 527. The molecule has 2 bridgehead atoms. The van der Waals surface area contributed by atoms with Gasteiger partial charge in [-0.2, -0.15) is 17.0 Å². The Balaban J connectivity index is 1.79. The summed E-state index contributed by atoms with van der Waals surface area (Å²) < 4.78 is 13.9. The van der Waals surface area contributed by atoms with E-state index in [9.17, 15) is 9.50 Å². The maximum absolute atomic E-state index is 13.9. The standard InChI is InChI=1S/C15H16FNOS/c16-14-5-10(9-17)1-2-11(14)6-15(18)7-12-3-4-13(8-15)19-12/h1-2,5,12-13,18H,3-4,6-8H2. The monoisotopic (exact) mass is 277 g/mol. The highest BCUT2D eigenvalue weighted by Gasteiger charge is 2.43. The zero-order valence-electron chi connectivity index (χ0n) is 10.6. The largest absolute Gasteiger partial charge is 0.389 e. The van der Waals surface area contributed by atoms with Crippen LogP contribution in [0, 0.1) is 17.1 Å². The Morgan fingerprint density at radius 1 is 1.37 bits per heavy atom. The van der Waals surface area contributed by atoms with Crippen LogP contribution in [0.3, 0.4) is 0 Å². The third-order valence-corrected chi connectivity index (χ3v) is 5.69. The number of nitrogens with zero attached hydrogens (tertiary/aromatic N) is 1. The van der Waals surface area contributed by atoms with Crippen LogP contribution < -0.4 is 0 Å². The maximum atomic E-state index is 13.9. The molecule has 2 aliphatic rings. The van der Waals surface area contributed by atoms with E-state index in [0.29, 0.717) is 28.0 Å². The van der Waals surface area contributed by atoms with Gasteiger partial charge in [0.05, 0.1) is 17.2 Å². The second kappa shape index (κ2) is 4.81. The van der Waals surface area contributed by atoms with Crippen molar-refractivity contribution >= 4 is 11.8 Å². The smallest absolute Gasteiger partial charge is 0.127 e. The number of benzene rings is 1. The Labute approximate surface area is 116 Å². The molecule has 19 heavy (non-hydrogen) atoms. The van der Waals surface area contributed by atoms with Gasteiger partial charge in [-0.3, -0.25) is 0 Å². The average Bonchev–Trinajstić information content (AvgIpc) is 2.72. The Morgan fingerprint density at radius 3 is 2.63 bits per heavy atom. The van der Waals surface area contributed by atoms with Crippen LogP contribution in [0.2, 0.25) is 0 Å². The van der Waals surface area contributed by atoms with Gasteiger partial charge in [-0.05, 0) is 43.4 Å². The summed E-state index contributed by atoms with van der Waals surface area (Å²) in [5.74, 6) is -0.377. The van der Waals surface area contributed by atoms with Crippen LogP contribution in [-0.2, 0) is 6.42 Å². The molecule has 2 nitrogen and oxygen atoms in total. The zero-order valence-corrected chi connectivity index (χ0v) is 11.4. The van der Waals surface area contributed by atoms with Crippen molar-refractivity contribution in [1.29, 1.82) is 5.26 Å². The van der Waals surface area contributed by atoms with Gasteiger partial charge in [0.2, 0.25) is 0 Å². The van der Waals surface area contributed by atoms with E-state index in [4.69, 9.17) is 5.26 Å². The van der Waals surface area contributed by atoms with E-state index in [1.165, 1.54) is 18.9 Å². The van der Waals surface area contributed by atoms with Crippen molar-refractivity contribution in [3.8, 4) is 6.07 Å². The first kappa shape index (κ1) is 13.0. The first-order valence-electron chi connectivity index (χ1n) is 6.64. The van der Waals surface area contributed by atoms with E-state index < -0.39 is 5.60 Å². The van der Waals surface area contributed by atoms with Gasteiger partial charge in [0.15, 0.2) is 0 Å². The van der Waals surface area contributed by atoms with Gasteiger partial charge in [0.25, 0.3) is 0 Å². The topological polar surface area (TPSA) is 44.0 Å². The van der Waals surface area contributed by atoms with E-state index in [2.05, 4.69) is 0 Å². The lowest BCUT2D eigenvalue weighted by atomic mass is 9.86. The maximum Gasteiger partial charge on any atom is 0.127 e. The normalized spacial score (nSPS) is 33.1.